The van der Waals surface area contributed by atoms with Gasteiger partial charge in [-0.25, -0.2) is 12.8 Å². The van der Waals surface area contributed by atoms with Crippen LogP contribution in [0.2, 0.25) is 0 Å². The van der Waals surface area contributed by atoms with E-state index in [1.54, 1.807) is 0 Å². The van der Waals surface area contributed by atoms with Gasteiger partial charge in [0.2, 0.25) is 10.0 Å². The van der Waals surface area contributed by atoms with Gasteiger partial charge in [0.05, 0.1) is 16.6 Å². The van der Waals surface area contributed by atoms with E-state index in [2.05, 4.69) is 4.90 Å². The van der Waals surface area contributed by atoms with Crippen LogP contribution in [0.1, 0.15) is 12.8 Å². The van der Waals surface area contributed by atoms with Gasteiger partial charge in [0, 0.05) is 31.5 Å². The van der Waals surface area contributed by atoms with Crippen LogP contribution in [0.25, 0.3) is 0 Å². The van der Waals surface area contributed by atoms with Crippen LogP contribution < -0.4 is 0 Å². The molecule has 4 atom stereocenters. The summed E-state index contributed by atoms with van der Waals surface area (Å²) in [5.74, 6) is 0.190. The van der Waals surface area contributed by atoms with Crippen molar-refractivity contribution in [3.05, 3.63) is 30.1 Å². The molecule has 0 saturated carbocycles. The summed E-state index contributed by atoms with van der Waals surface area (Å²) in [6.07, 6.45) is 2.20. The number of hydrogen-bond donors (Lipinski definition) is 0. The van der Waals surface area contributed by atoms with Crippen molar-refractivity contribution >= 4 is 10.0 Å². The first-order chi connectivity index (χ1) is 11.3. The molecule has 1 spiro atoms. The van der Waals surface area contributed by atoms with Gasteiger partial charge in [-0.15, -0.1) is 0 Å². The Kier molecular flexibility index (Phi) is 3.76. The molecule has 4 rings (SSSR count). The highest BCUT2D eigenvalue weighted by Gasteiger charge is 2.64. The molecule has 7 heteroatoms. The monoisotopic (exact) mass is 354 g/mol. The molecule has 3 heterocycles. The van der Waals surface area contributed by atoms with Crippen LogP contribution >= 0.6 is 0 Å². The number of rotatable bonds is 4. The Morgan fingerprint density at radius 3 is 2.71 bits per heavy atom. The van der Waals surface area contributed by atoms with Gasteiger partial charge < -0.3 is 9.64 Å². The number of nitrogens with zero attached hydrogens (tertiary/aromatic N) is 2. The van der Waals surface area contributed by atoms with E-state index in [0.717, 1.165) is 19.4 Å². The summed E-state index contributed by atoms with van der Waals surface area (Å²) in [4.78, 5) is 2.30. The van der Waals surface area contributed by atoms with Gasteiger partial charge in [-0.05, 0) is 51.2 Å². The molecule has 0 amide bonds. The number of hydrogen-bond acceptors (Lipinski definition) is 4. The number of halogens is 1. The van der Waals surface area contributed by atoms with Crippen molar-refractivity contribution in [2.24, 2.45) is 11.8 Å². The predicted octanol–water partition coefficient (Wildman–Crippen LogP) is 1.56. The molecule has 3 fully saturated rings. The largest absolute Gasteiger partial charge is 0.370 e. The van der Waals surface area contributed by atoms with Crippen LogP contribution in [0.3, 0.4) is 0 Å². The van der Waals surface area contributed by atoms with Crippen LogP contribution in [0.5, 0.6) is 0 Å². The third kappa shape index (κ3) is 2.41. The SMILES string of the molecule is CN(C)C[C@H]1[C@H]2CN(S(=O)(=O)c3ccc(F)cc3)C[C@]23CC[C@H]1O3. The van der Waals surface area contributed by atoms with Crippen LogP contribution in [-0.4, -0.2) is 63.1 Å². The van der Waals surface area contributed by atoms with Crippen molar-refractivity contribution in [1.29, 1.82) is 0 Å². The average molecular weight is 354 g/mol. The Hall–Kier alpha value is -1.02. The molecule has 3 saturated heterocycles. The van der Waals surface area contributed by atoms with E-state index < -0.39 is 15.8 Å². The van der Waals surface area contributed by atoms with E-state index in [-0.39, 0.29) is 22.5 Å². The first-order valence-corrected chi connectivity index (χ1v) is 9.84. The minimum atomic E-state index is -3.61. The smallest absolute Gasteiger partial charge is 0.243 e. The average Bonchev–Trinajstić information content (AvgIpc) is 3.17. The van der Waals surface area contributed by atoms with Crippen molar-refractivity contribution in [1.82, 2.24) is 9.21 Å². The third-order valence-corrected chi connectivity index (χ3v) is 7.61. The zero-order chi connectivity index (χ0) is 17.1. The first kappa shape index (κ1) is 16.4. The highest BCUT2D eigenvalue weighted by molar-refractivity contribution is 7.89. The second kappa shape index (κ2) is 5.49. The minimum absolute atomic E-state index is 0.152. The topological polar surface area (TPSA) is 49.9 Å². The normalized spacial score (nSPS) is 35.8. The quantitative estimate of drug-likeness (QED) is 0.823. The summed E-state index contributed by atoms with van der Waals surface area (Å²) in [5.41, 5.74) is -0.321. The third-order valence-electron chi connectivity index (χ3n) is 5.78. The Labute approximate surface area is 142 Å². The van der Waals surface area contributed by atoms with Crippen LogP contribution in [0.15, 0.2) is 29.2 Å². The van der Waals surface area contributed by atoms with Crippen molar-refractivity contribution in [2.45, 2.75) is 29.4 Å². The first-order valence-electron chi connectivity index (χ1n) is 8.40. The Morgan fingerprint density at radius 1 is 1.33 bits per heavy atom. The van der Waals surface area contributed by atoms with Crippen LogP contribution in [-0.2, 0) is 14.8 Å². The lowest BCUT2D eigenvalue weighted by Gasteiger charge is -2.31. The number of fused-ring (bicyclic) bond motifs is 1. The number of ether oxygens (including phenoxy) is 1. The van der Waals surface area contributed by atoms with E-state index in [0.29, 0.717) is 19.0 Å². The molecule has 0 radical (unpaired) electrons. The fourth-order valence-corrected chi connectivity index (χ4v) is 6.28. The zero-order valence-corrected chi connectivity index (χ0v) is 14.8. The van der Waals surface area contributed by atoms with E-state index in [1.165, 1.54) is 28.6 Å². The molecule has 2 bridgehead atoms. The van der Waals surface area contributed by atoms with Gasteiger partial charge in [-0.2, -0.15) is 4.31 Å². The lowest BCUT2D eigenvalue weighted by atomic mass is 9.73. The van der Waals surface area contributed by atoms with Gasteiger partial charge >= 0.3 is 0 Å². The Morgan fingerprint density at radius 2 is 2.04 bits per heavy atom. The van der Waals surface area contributed by atoms with E-state index in [9.17, 15) is 12.8 Å². The second-order valence-electron chi connectivity index (χ2n) is 7.54. The summed E-state index contributed by atoms with van der Waals surface area (Å²) < 4.78 is 46.8. The summed E-state index contributed by atoms with van der Waals surface area (Å²) >= 11 is 0. The molecule has 1 aromatic carbocycles. The Balaban J connectivity index is 1.61. The fraction of sp³-hybridized carbons (Fsp3) is 0.647. The molecule has 0 unspecified atom stereocenters. The molecule has 5 nitrogen and oxygen atoms in total. The molecule has 0 aromatic heterocycles. The molecule has 3 aliphatic heterocycles. The maximum Gasteiger partial charge on any atom is 0.243 e. The van der Waals surface area contributed by atoms with E-state index >= 15 is 0 Å². The molecule has 3 aliphatic rings. The summed E-state index contributed by atoms with van der Waals surface area (Å²) in [7, 11) is 0.479. The maximum absolute atomic E-state index is 13.1. The van der Waals surface area contributed by atoms with Gasteiger partial charge in [0.15, 0.2) is 0 Å². The lowest BCUT2D eigenvalue weighted by Crippen LogP contribution is -2.40. The second-order valence-corrected chi connectivity index (χ2v) is 9.48. The van der Waals surface area contributed by atoms with Crippen molar-refractivity contribution in [3.63, 3.8) is 0 Å². The predicted molar refractivity (Wildman–Crippen MR) is 87.5 cm³/mol. The van der Waals surface area contributed by atoms with Crippen molar-refractivity contribution in [3.8, 4) is 0 Å². The Bertz CT molecular complexity index is 737. The summed E-state index contributed by atoms with van der Waals surface area (Å²) in [6, 6.07) is 5.07. The fourth-order valence-electron chi connectivity index (χ4n) is 4.75. The zero-order valence-electron chi connectivity index (χ0n) is 14.0. The molecule has 24 heavy (non-hydrogen) atoms. The summed E-state index contributed by atoms with van der Waals surface area (Å²) in [6.45, 7) is 1.83. The molecule has 132 valence electrons. The maximum atomic E-state index is 13.1. The molecular weight excluding hydrogens is 331 g/mol. The minimum Gasteiger partial charge on any atom is -0.370 e. The van der Waals surface area contributed by atoms with Crippen molar-refractivity contribution in [2.75, 3.05) is 33.7 Å². The number of sulfonamides is 1. The molecular formula is C17H23FN2O3S. The summed E-state index contributed by atoms with van der Waals surface area (Å²) in [5, 5.41) is 0. The molecule has 0 N–H and O–H groups in total. The molecule has 1 aromatic rings. The van der Waals surface area contributed by atoms with Gasteiger partial charge in [-0.1, -0.05) is 0 Å². The molecule has 0 aliphatic carbocycles. The van der Waals surface area contributed by atoms with E-state index in [1.807, 2.05) is 14.1 Å². The lowest BCUT2D eigenvalue weighted by molar-refractivity contribution is 0.00739. The highest BCUT2D eigenvalue weighted by atomic mass is 32.2. The highest BCUT2D eigenvalue weighted by Crippen LogP contribution is 2.55. The van der Waals surface area contributed by atoms with Crippen molar-refractivity contribution < 1.29 is 17.5 Å². The van der Waals surface area contributed by atoms with Crippen LogP contribution in [0, 0.1) is 17.7 Å². The number of benzene rings is 1. The van der Waals surface area contributed by atoms with Crippen LogP contribution in [0.4, 0.5) is 4.39 Å². The standard InChI is InChI=1S/C17H23FN2O3S/c1-19(2)9-14-15-10-20(11-17(15)8-7-16(14)23-17)24(21,22)13-5-3-12(18)4-6-13/h3-6,14-16H,7-11H2,1-2H3/t14-,15+,16+,17+/m0/s1. The van der Waals surface area contributed by atoms with E-state index in [4.69, 9.17) is 4.74 Å². The van der Waals surface area contributed by atoms with Gasteiger partial charge in [-0.3, -0.25) is 0 Å². The van der Waals surface area contributed by atoms with Gasteiger partial charge in [0.25, 0.3) is 0 Å². The van der Waals surface area contributed by atoms with Gasteiger partial charge in [0.1, 0.15) is 5.82 Å².